The van der Waals surface area contributed by atoms with Crippen LogP contribution in [0, 0.1) is 0 Å². The van der Waals surface area contributed by atoms with Crippen LogP contribution in [0.1, 0.15) is 22.8 Å². The number of benzene rings is 3. The van der Waals surface area contributed by atoms with Gasteiger partial charge >= 0.3 is 0 Å². The first kappa shape index (κ1) is 20.4. The summed E-state index contributed by atoms with van der Waals surface area (Å²) in [6, 6.07) is 17.6. The minimum absolute atomic E-state index is 0.138. The molecule has 148 valence electrons. The first-order chi connectivity index (χ1) is 13.8. The van der Waals surface area contributed by atoms with Crippen LogP contribution >= 0.6 is 0 Å². The molecule has 29 heavy (non-hydrogen) atoms. The molecule has 0 amide bonds. The summed E-state index contributed by atoms with van der Waals surface area (Å²) >= 11 is 0. The van der Waals surface area contributed by atoms with Crippen molar-refractivity contribution in [3.05, 3.63) is 83.9 Å². The van der Waals surface area contributed by atoms with Crippen molar-refractivity contribution in [1.82, 2.24) is 4.72 Å². The zero-order valence-electron chi connectivity index (χ0n) is 15.5. The Morgan fingerprint density at radius 1 is 0.966 bits per heavy atom. The van der Waals surface area contributed by atoms with Gasteiger partial charge in [0.2, 0.25) is 10.0 Å². The van der Waals surface area contributed by atoms with E-state index in [0.717, 1.165) is 16.3 Å². The van der Waals surface area contributed by atoms with Crippen LogP contribution in [0.4, 0.5) is 0 Å². The number of hydrogen-bond donors (Lipinski definition) is 1. The highest BCUT2D eigenvalue weighted by atomic mass is 32.2. The molecule has 0 saturated carbocycles. The first-order valence-corrected chi connectivity index (χ1v) is 10.3. The third-order valence-electron chi connectivity index (χ3n) is 4.34. The van der Waals surface area contributed by atoms with Crippen molar-refractivity contribution in [3.63, 3.8) is 0 Å². The van der Waals surface area contributed by atoms with Crippen LogP contribution < -0.4 is 9.83 Å². The summed E-state index contributed by atoms with van der Waals surface area (Å²) in [5.74, 6) is -1.81. The molecule has 0 unspecified atom stereocenters. The van der Waals surface area contributed by atoms with Crippen LogP contribution in [-0.4, -0.2) is 26.2 Å². The van der Waals surface area contributed by atoms with Gasteiger partial charge in [-0.2, -0.15) is 0 Å². The van der Waals surface area contributed by atoms with Crippen molar-refractivity contribution >= 4 is 38.6 Å². The van der Waals surface area contributed by atoms with E-state index in [1.165, 1.54) is 37.3 Å². The number of rotatable bonds is 7. The summed E-state index contributed by atoms with van der Waals surface area (Å²) < 4.78 is 26.3. The van der Waals surface area contributed by atoms with Gasteiger partial charge in [-0.1, -0.05) is 42.5 Å². The molecule has 0 aliphatic heterocycles. The smallest absolute Gasteiger partial charge is 0.241 e. The maximum Gasteiger partial charge on any atom is 0.241 e. The van der Waals surface area contributed by atoms with E-state index in [1.54, 1.807) is 6.08 Å². The minimum atomic E-state index is -4.02. The molecule has 6 nitrogen and oxygen atoms in total. The molecule has 0 saturated heterocycles. The van der Waals surface area contributed by atoms with Gasteiger partial charge in [-0.3, -0.25) is 4.79 Å². The molecule has 3 aromatic carbocycles. The van der Waals surface area contributed by atoms with E-state index in [9.17, 15) is 23.1 Å². The predicted octanol–water partition coefficient (Wildman–Crippen LogP) is 2.15. The molecule has 1 N–H and O–H groups in total. The number of carboxylic acid groups (broad SMARTS) is 1. The lowest BCUT2D eigenvalue weighted by atomic mass is 10.1. The Balaban J connectivity index is 1.74. The van der Waals surface area contributed by atoms with Gasteiger partial charge in [0, 0.05) is 5.56 Å². The van der Waals surface area contributed by atoms with Crippen LogP contribution in [0.25, 0.3) is 16.8 Å². The zero-order valence-corrected chi connectivity index (χ0v) is 16.3. The number of hydrogen-bond acceptors (Lipinski definition) is 5. The Kier molecular flexibility index (Phi) is 5.91. The van der Waals surface area contributed by atoms with E-state index >= 15 is 0 Å². The van der Waals surface area contributed by atoms with Crippen LogP contribution in [0.5, 0.6) is 0 Å². The second kappa shape index (κ2) is 8.38. The van der Waals surface area contributed by atoms with E-state index in [4.69, 9.17) is 0 Å². The number of fused-ring (bicyclic) bond motifs is 1. The van der Waals surface area contributed by atoms with Crippen molar-refractivity contribution in [2.75, 3.05) is 0 Å². The lowest BCUT2D eigenvalue weighted by molar-refractivity contribution is -0.307. The predicted molar refractivity (Wildman–Crippen MR) is 109 cm³/mol. The molecule has 0 radical (unpaired) electrons. The molecule has 0 heterocycles. The van der Waals surface area contributed by atoms with Crippen LogP contribution in [0.15, 0.2) is 77.7 Å². The van der Waals surface area contributed by atoms with E-state index in [-0.39, 0.29) is 10.7 Å². The van der Waals surface area contributed by atoms with Gasteiger partial charge in [-0.05, 0) is 59.7 Å². The molecular weight excluding hydrogens is 390 g/mol. The largest absolute Gasteiger partial charge is 0.548 e. The molecule has 3 aromatic rings. The van der Waals surface area contributed by atoms with Gasteiger partial charge in [0.1, 0.15) is 0 Å². The summed E-state index contributed by atoms with van der Waals surface area (Å²) in [6.07, 6.45) is 3.12. The number of aliphatic carboxylic acids is 1. The van der Waals surface area contributed by atoms with Crippen molar-refractivity contribution in [3.8, 4) is 0 Å². The third kappa shape index (κ3) is 4.96. The summed E-state index contributed by atoms with van der Waals surface area (Å²) in [7, 11) is -4.02. The fraction of sp³-hybridized carbons (Fsp3) is 0.0909. The van der Waals surface area contributed by atoms with Crippen molar-refractivity contribution in [2.24, 2.45) is 0 Å². The van der Waals surface area contributed by atoms with E-state index in [0.29, 0.717) is 5.56 Å². The van der Waals surface area contributed by atoms with Gasteiger partial charge in [0.25, 0.3) is 0 Å². The molecule has 0 aliphatic rings. The maximum atomic E-state index is 12.4. The molecule has 0 bridgehead atoms. The molecule has 1 atom stereocenters. The van der Waals surface area contributed by atoms with Crippen LogP contribution in [0.3, 0.4) is 0 Å². The monoisotopic (exact) mass is 408 g/mol. The minimum Gasteiger partial charge on any atom is -0.548 e. The van der Waals surface area contributed by atoms with Crippen LogP contribution in [0.2, 0.25) is 0 Å². The summed E-state index contributed by atoms with van der Waals surface area (Å²) in [5.41, 5.74) is 1.19. The number of allylic oxidation sites excluding steroid dienone is 1. The summed E-state index contributed by atoms with van der Waals surface area (Å²) in [5, 5.41) is 12.9. The number of carboxylic acids is 1. The molecule has 0 spiro atoms. The number of ketones is 1. The lowest BCUT2D eigenvalue weighted by Gasteiger charge is -2.14. The van der Waals surface area contributed by atoms with Gasteiger partial charge in [0.15, 0.2) is 5.78 Å². The Bertz CT molecular complexity index is 1200. The fourth-order valence-electron chi connectivity index (χ4n) is 2.73. The Morgan fingerprint density at radius 3 is 2.28 bits per heavy atom. The normalized spacial score (nSPS) is 12.9. The van der Waals surface area contributed by atoms with E-state index in [1.807, 2.05) is 47.2 Å². The maximum absolute atomic E-state index is 12.4. The molecule has 7 heteroatoms. The summed E-state index contributed by atoms with van der Waals surface area (Å²) in [6.45, 7) is 1.17. The number of sulfonamides is 1. The molecular formula is C22H18NO5S-. The number of nitrogens with one attached hydrogen (secondary N) is 1. The van der Waals surface area contributed by atoms with Gasteiger partial charge in [-0.15, -0.1) is 0 Å². The molecule has 3 rings (SSSR count). The average molecular weight is 408 g/mol. The highest BCUT2D eigenvalue weighted by Crippen LogP contribution is 2.17. The third-order valence-corrected chi connectivity index (χ3v) is 5.89. The molecule has 0 aliphatic carbocycles. The second-order valence-electron chi connectivity index (χ2n) is 6.49. The standard InChI is InChI=1S/C22H19NO5S/c1-15(22(25)26)23-29(27,28)20-11-9-18(10-12-20)21(24)13-7-16-6-8-17-4-2-3-5-19(17)14-16/h2-15,23H,1H3,(H,25,26)/p-1/b13-7+/t15-/m0/s1. The summed E-state index contributed by atoms with van der Waals surface area (Å²) in [4.78, 5) is 23.0. The fourth-order valence-corrected chi connectivity index (χ4v) is 3.92. The molecule has 0 fully saturated rings. The van der Waals surface area contributed by atoms with Crippen LogP contribution in [-0.2, 0) is 14.8 Å². The quantitative estimate of drug-likeness (QED) is 0.477. The SMILES string of the molecule is C[C@H](NS(=O)(=O)c1ccc(C(=O)/C=C/c2ccc3ccccc3c2)cc1)C(=O)[O-]. The Morgan fingerprint density at radius 2 is 1.62 bits per heavy atom. The first-order valence-electron chi connectivity index (χ1n) is 8.81. The average Bonchev–Trinajstić information content (AvgIpc) is 2.71. The highest BCUT2D eigenvalue weighted by Gasteiger charge is 2.18. The van der Waals surface area contributed by atoms with Crippen molar-refractivity contribution in [2.45, 2.75) is 17.9 Å². The van der Waals surface area contributed by atoms with Crippen molar-refractivity contribution in [1.29, 1.82) is 0 Å². The highest BCUT2D eigenvalue weighted by molar-refractivity contribution is 7.89. The number of carbonyl (C=O) groups excluding carboxylic acids is 2. The van der Waals surface area contributed by atoms with Gasteiger partial charge in [-0.25, -0.2) is 13.1 Å². The van der Waals surface area contributed by atoms with Gasteiger partial charge in [0.05, 0.1) is 16.9 Å². The number of carbonyl (C=O) groups is 2. The van der Waals surface area contributed by atoms with E-state index in [2.05, 4.69) is 0 Å². The zero-order chi connectivity index (χ0) is 21.0. The Hall–Kier alpha value is -3.29. The van der Waals surface area contributed by atoms with Gasteiger partial charge < -0.3 is 9.90 Å². The topological polar surface area (TPSA) is 103 Å². The van der Waals surface area contributed by atoms with Crippen molar-refractivity contribution < 1.29 is 23.1 Å². The lowest BCUT2D eigenvalue weighted by Crippen LogP contribution is -2.45. The Labute approximate surface area is 168 Å². The second-order valence-corrected chi connectivity index (χ2v) is 8.20. The van der Waals surface area contributed by atoms with E-state index < -0.39 is 22.0 Å². The molecule has 0 aromatic heterocycles.